The van der Waals surface area contributed by atoms with E-state index in [1.165, 1.54) is 5.56 Å². The molecule has 2 bridgehead atoms. The molecule has 0 aliphatic carbocycles. The summed E-state index contributed by atoms with van der Waals surface area (Å²) in [5.41, 5.74) is 0.719. The van der Waals surface area contributed by atoms with E-state index in [-0.39, 0.29) is 29.8 Å². The Bertz CT molecular complexity index is 772. The van der Waals surface area contributed by atoms with Crippen molar-refractivity contribution in [3.05, 3.63) is 42.2 Å². The fourth-order valence-corrected chi connectivity index (χ4v) is 5.25. The molecule has 5 rings (SSSR count). The lowest BCUT2D eigenvalue weighted by atomic mass is 9.76. The van der Waals surface area contributed by atoms with Crippen LogP contribution in [-0.4, -0.2) is 65.0 Å². The van der Waals surface area contributed by atoms with Crippen LogP contribution in [-0.2, 0) is 14.3 Å². The van der Waals surface area contributed by atoms with Crippen LogP contribution in [0.5, 0.6) is 0 Å². The first-order chi connectivity index (χ1) is 12.6. The molecule has 1 aromatic heterocycles. The number of piperidine rings is 1. The van der Waals surface area contributed by atoms with Crippen molar-refractivity contribution in [2.24, 2.45) is 11.8 Å². The molecule has 0 saturated carbocycles. The number of likely N-dealkylation sites (tertiary alicyclic amines) is 2. The summed E-state index contributed by atoms with van der Waals surface area (Å²) in [5.74, 6) is -0.114. The van der Waals surface area contributed by atoms with Gasteiger partial charge in [-0.2, -0.15) is 0 Å². The van der Waals surface area contributed by atoms with Crippen LogP contribution in [0.4, 0.5) is 0 Å². The van der Waals surface area contributed by atoms with Crippen LogP contribution in [0.2, 0.25) is 0 Å². The van der Waals surface area contributed by atoms with E-state index in [0.29, 0.717) is 12.5 Å². The number of pyridine rings is 1. The molecule has 4 aliphatic heterocycles. The number of nitrogens with zero attached hydrogens (tertiary/aromatic N) is 3. The molecule has 0 N–H and O–H groups in total. The molecule has 136 valence electrons. The summed E-state index contributed by atoms with van der Waals surface area (Å²) >= 11 is 0. The Labute approximate surface area is 152 Å². The summed E-state index contributed by atoms with van der Waals surface area (Å²) in [7, 11) is 1.79. The maximum Gasteiger partial charge on any atom is 0.229 e. The van der Waals surface area contributed by atoms with E-state index in [1.807, 2.05) is 29.4 Å². The van der Waals surface area contributed by atoms with Crippen LogP contribution in [0.25, 0.3) is 0 Å². The lowest BCUT2D eigenvalue weighted by Crippen LogP contribution is -2.48. The Hall–Kier alpha value is -2.21. The van der Waals surface area contributed by atoms with Crippen molar-refractivity contribution in [1.29, 1.82) is 0 Å². The van der Waals surface area contributed by atoms with E-state index in [9.17, 15) is 9.59 Å². The maximum atomic E-state index is 13.3. The molecule has 0 aromatic carbocycles. The van der Waals surface area contributed by atoms with Gasteiger partial charge in [0.25, 0.3) is 0 Å². The number of carbonyl (C=O) groups excluding carboxylic acids is 2. The van der Waals surface area contributed by atoms with Gasteiger partial charge in [0.2, 0.25) is 11.8 Å². The number of aromatic nitrogens is 1. The highest BCUT2D eigenvalue weighted by Gasteiger charge is 2.66. The number of carbonyl (C=O) groups is 2. The third-order valence-electron chi connectivity index (χ3n) is 6.56. The SMILES string of the molecule is CN1C[C@@]23C=C[C@H](O2)[C@H](C(=O)N2CCC(c4ccncc4)CC2)[C@@H]3C1=O. The molecule has 3 fully saturated rings. The van der Waals surface area contributed by atoms with E-state index in [1.54, 1.807) is 11.9 Å². The molecule has 6 heteroatoms. The zero-order valence-electron chi connectivity index (χ0n) is 14.9. The number of fused-ring (bicyclic) bond motifs is 1. The molecular formula is C20H23N3O3. The van der Waals surface area contributed by atoms with E-state index < -0.39 is 5.60 Å². The van der Waals surface area contributed by atoms with E-state index in [0.717, 1.165) is 25.9 Å². The third kappa shape index (κ3) is 2.18. The zero-order valence-corrected chi connectivity index (χ0v) is 14.9. The molecule has 4 atom stereocenters. The zero-order chi connectivity index (χ0) is 17.9. The standard InChI is InChI=1S/C20H23N3O3/c1-22-12-20-7-2-15(26-20)16(17(20)19(22)25)18(24)23-10-5-14(6-11-23)13-3-8-21-9-4-13/h2-4,7-9,14-17H,5-6,10-12H2,1H3/t15-,16-,17+,20+/m0/s1. The number of likely N-dealkylation sites (N-methyl/N-ethyl adjacent to an activating group) is 1. The molecule has 1 aromatic rings. The molecule has 3 saturated heterocycles. The number of hydrogen-bond donors (Lipinski definition) is 0. The van der Waals surface area contributed by atoms with Crippen LogP contribution in [0.15, 0.2) is 36.7 Å². The minimum absolute atomic E-state index is 0.0434. The molecule has 4 aliphatic rings. The fraction of sp³-hybridized carbons (Fsp3) is 0.550. The van der Waals surface area contributed by atoms with Gasteiger partial charge in [-0.1, -0.05) is 12.2 Å². The lowest BCUT2D eigenvalue weighted by Gasteiger charge is -2.35. The van der Waals surface area contributed by atoms with Crippen molar-refractivity contribution >= 4 is 11.8 Å². The molecule has 2 amide bonds. The van der Waals surface area contributed by atoms with Gasteiger partial charge >= 0.3 is 0 Å². The van der Waals surface area contributed by atoms with Gasteiger partial charge in [-0.05, 0) is 36.5 Å². The van der Waals surface area contributed by atoms with Gasteiger partial charge in [0, 0.05) is 32.5 Å². The Kier molecular flexibility index (Phi) is 3.47. The number of amides is 2. The predicted molar refractivity (Wildman–Crippen MR) is 94.2 cm³/mol. The summed E-state index contributed by atoms with van der Waals surface area (Å²) in [5, 5.41) is 0. The quantitative estimate of drug-likeness (QED) is 0.750. The number of rotatable bonds is 2. The summed E-state index contributed by atoms with van der Waals surface area (Å²) in [6.45, 7) is 2.03. The van der Waals surface area contributed by atoms with Crippen LogP contribution in [0.1, 0.15) is 24.3 Å². The highest BCUT2D eigenvalue weighted by Crippen LogP contribution is 2.52. The van der Waals surface area contributed by atoms with Crippen molar-refractivity contribution in [3.63, 3.8) is 0 Å². The maximum absolute atomic E-state index is 13.3. The van der Waals surface area contributed by atoms with Crippen molar-refractivity contribution < 1.29 is 14.3 Å². The van der Waals surface area contributed by atoms with Gasteiger partial charge in [-0.25, -0.2) is 0 Å². The largest absolute Gasteiger partial charge is 0.360 e. The van der Waals surface area contributed by atoms with Crippen molar-refractivity contribution in [2.45, 2.75) is 30.5 Å². The van der Waals surface area contributed by atoms with Crippen molar-refractivity contribution in [2.75, 3.05) is 26.7 Å². The Balaban J connectivity index is 1.31. The minimum atomic E-state index is -0.577. The van der Waals surface area contributed by atoms with Crippen LogP contribution in [0.3, 0.4) is 0 Å². The van der Waals surface area contributed by atoms with Crippen LogP contribution < -0.4 is 0 Å². The van der Waals surface area contributed by atoms with Crippen molar-refractivity contribution in [1.82, 2.24) is 14.8 Å². The van der Waals surface area contributed by atoms with E-state index >= 15 is 0 Å². The smallest absolute Gasteiger partial charge is 0.229 e. The Morgan fingerprint density at radius 3 is 2.73 bits per heavy atom. The average Bonchev–Trinajstić information content (AvgIpc) is 3.30. The lowest BCUT2D eigenvalue weighted by molar-refractivity contribution is -0.143. The molecule has 5 heterocycles. The first-order valence-corrected chi connectivity index (χ1v) is 9.40. The predicted octanol–water partition coefficient (Wildman–Crippen LogP) is 1.20. The third-order valence-corrected chi connectivity index (χ3v) is 6.56. The molecule has 1 spiro atoms. The minimum Gasteiger partial charge on any atom is -0.360 e. The Morgan fingerprint density at radius 1 is 1.27 bits per heavy atom. The van der Waals surface area contributed by atoms with Gasteiger partial charge in [-0.3, -0.25) is 14.6 Å². The summed E-state index contributed by atoms with van der Waals surface area (Å²) in [6, 6.07) is 4.13. The average molecular weight is 353 g/mol. The van der Waals surface area contributed by atoms with Crippen LogP contribution in [0, 0.1) is 11.8 Å². The monoisotopic (exact) mass is 353 g/mol. The van der Waals surface area contributed by atoms with E-state index in [4.69, 9.17) is 4.74 Å². The first-order valence-electron chi connectivity index (χ1n) is 9.40. The molecule has 0 unspecified atom stereocenters. The second-order valence-corrected chi connectivity index (χ2v) is 7.97. The van der Waals surface area contributed by atoms with Gasteiger partial charge < -0.3 is 14.5 Å². The van der Waals surface area contributed by atoms with Crippen LogP contribution >= 0.6 is 0 Å². The number of hydrogen-bond acceptors (Lipinski definition) is 4. The van der Waals surface area contributed by atoms with Gasteiger partial charge in [0.15, 0.2) is 0 Å². The van der Waals surface area contributed by atoms with Gasteiger partial charge in [0.1, 0.15) is 5.60 Å². The molecular weight excluding hydrogens is 330 g/mol. The summed E-state index contributed by atoms with van der Waals surface area (Å²) < 4.78 is 6.11. The highest BCUT2D eigenvalue weighted by atomic mass is 16.5. The first kappa shape index (κ1) is 16.0. The number of ether oxygens (including phenoxy) is 1. The fourth-order valence-electron chi connectivity index (χ4n) is 5.25. The second-order valence-electron chi connectivity index (χ2n) is 7.97. The summed E-state index contributed by atoms with van der Waals surface area (Å²) in [6.07, 6.45) is 9.29. The summed E-state index contributed by atoms with van der Waals surface area (Å²) in [4.78, 5) is 33.6. The van der Waals surface area contributed by atoms with E-state index in [2.05, 4.69) is 17.1 Å². The van der Waals surface area contributed by atoms with Gasteiger partial charge in [-0.15, -0.1) is 0 Å². The topological polar surface area (TPSA) is 62.7 Å². The highest BCUT2D eigenvalue weighted by molar-refractivity contribution is 5.92. The van der Waals surface area contributed by atoms with Crippen molar-refractivity contribution in [3.8, 4) is 0 Å². The normalized spacial score (nSPS) is 36.0. The second kappa shape index (κ2) is 5.64. The van der Waals surface area contributed by atoms with Gasteiger partial charge in [0.05, 0.1) is 24.5 Å². The Morgan fingerprint density at radius 2 is 2.00 bits per heavy atom. The molecule has 26 heavy (non-hydrogen) atoms. The molecule has 0 radical (unpaired) electrons. The molecule has 6 nitrogen and oxygen atoms in total.